The van der Waals surface area contributed by atoms with Crippen molar-refractivity contribution in [2.75, 3.05) is 0 Å². The normalized spacial score (nSPS) is 14.4. The largest absolute Gasteiger partial charge is 0.309 e. The topological polar surface area (TPSA) is 9.86 Å². The van der Waals surface area contributed by atoms with Crippen molar-refractivity contribution >= 4 is 43.6 Å². The minimum absolute atomic E-state index is 0.0234. The Kier molecular flexibility index (Phi) is 8.56. The lowest BCUT2D eigenvalue weighted by atomic mass is 9.70. The van der Waals surface area contributed by atoms with Crippen molar-refractivity contribution < 1.29 is 0 Å². The van der Waals surface area contributed by atoms with Crippen LogP contribution in [0.5, 0.6) is 0 Å². The van der Waals surface area contributed by atoms with Crippen LogP contribution in [0.4, 0.5) is 0 Å². The molecule has 0 saturated carbocycles. The van der Waals surface area contributed by atoms with Gasteiger partial charge in [-0.1, -0.05) is 180 Å². The highest BCUT2D eigenvalue weighted by Gasteiger charge is 2.53. The molecule has 0 amide bonds. The molecule has 8 aromatic carbocycles. The van der Waals surface area contributed by atoms with E-state index in [2.05, 4.69) is 250 Å². The molecule has 0 atom stereocenters. The van der Waals surface area contributed by atoms with Gasteiger partial charge in [-0.05, 0) is 138 Å². The molecule has 0 saturated heterocycles. The van der Waals surface area contributed by atoms with Gasteiger partial charge in [0.2, 0.25) is 0 Å². The first-order valence-corrected chi connectivity index (χ1v) is 24.4. The molecule has 2 heteroatoms. The van der Waals surface area contributed by atoms with Crippen molar-refractivity contribution in [2.24, 2.45) is 0 Å². The van der Waals surface area contributed by atoms with Gasteiger partial charge in [0.05, 0.1) is 38.9 Å². The van der Waals surface area contributed by atoms with Crippen molar-refractivity contribution in [3.8, 4) is 33.6 Å². The lowest BCUT2D eigenvalue weighted by Crippen LogP contribution is -2.26. The summed E-state index contributed by atoms with van der Waals surface area (Å²) in [7, 11) is 0. The van der Waals surface area contributed by atoms with Crippen LogP contribution in [0.1, 0.15) is 128 Å². The Labute approximate surface area is 396 Å². The Hall–Kier alpha value is -6.64. The standard InChI is InChI=1S/C65H62N2/c1-61(2,3)39-27-31-53-45(35-39)46-36-40(62(4,5)6)28-32-54(46)66(53)57-25-17-23-51-59(57)43-19-13-15-21-49(43)65(51)50-22-16-14-20-44(50)60-52(65)24-18-26-58(60)67-55-33-29-41(63(7,8)9)37-47(55)48-38-42(64(10,11)12)30-34-56(48)67/h13-38H,1-12H3. The van der Waals surface area contributed by atoms with E-state index in [9.17, 15) is 0 Å². The number of nitrogens with zero attached hydrogens (tertiary/aromatic N) is 2. The molecule has 2 nitrogen and oxygen atoms in total. The number of hydrogen-bond donors (Lipinski definition) is 0. The van der Waals surface area contributed by atoms with E-state index in [0.717, 1.165) is 0 Å². The molecular formula is C65H62N2. The smallest absolute Gasteiger partial charge is 0.0727 e. The van der Waals surface area contributed by atoms with E-state index in [1.54, 1.807) is 0 Å². The second-order valence-corrected chi connectivity index (χ2v) is 23.8. The molecular weight excluding hydrogens is 809 g/mol. The van der Waals surface area contributed by atoms with Crippen LogP contribution < -0.4 is 0 Å². The summed E-state index contributed by atoms with van der Waals surface area (Å²) < 4.78 is 5.15. The first-order chi connectivity index (χ1) is 31.8. The minimum Gasteiger partial charge on any atom is -0.309 e. The summed E-state index contributed by atoms with van der Waals surface area (Å²) >= 11 is 0. The first-order valence-electron chi connectivity index (χ1n) is 24.4. The Balaban J connectivity index is 1.17. The Morgan fingerprint density at radius 2 is 0.582 bits per heavy atom. The Bertz CT molecular complexity index is 3330. The Morgan fingerprint density at radius 1 is 0.299 bits per heavy atom. The van der Waals surface area contributed by atoms with Crippen LogP contribution in [-0.4, -0.2) is 9.13 Å². The molecule has 1 spiro atoms. The zero-order valence-corrected chi connectivity index (χ0v) is 41.4. The van der Waals surface area contributed by atoms with E-state index >= 15 is 0 Å². The summed E-state index contributed by atoms with van der Waals surface area (Å²) in [6.07, 6.45) is 0. The van der Waals surface area contributed by atoms with Gasteiger partial charge < -0.3 is 9.13 Å². The number of benzene rings is 8. The van der Waals surface area contributed by atoms with Gasteiger partial charge in [-0.3, -0.25) is 0 Å². The van der Waals surface area contributed by atoms with E-state index in [0.29, 0.717) is 0 Å². The van der Waals surface area contributed by atoms with Crippen molar-refractivity contribution in [1.29, 1.82) is 0 Å². The average molecular weight is 871 g/mol. The molecule has 332 valence electrons. The molecule has 0 radical (unpaired) electrons. The summed E-state index contributed by atoms with van der Waals surface area (Å²) in [6, 6.07) is 61.7. The molecule has 0 unspecified atom stereocenters. The third-order valence-electron chi connectivity index (χ3n) is 15.6. The quantitative estimate of drug-likeness (QED) is 0.164. The fraction of sp³-hybridized carbons (Fsp3) is 0.262. The predicted molar refractivity (Wildman–Crippen MR) is 286 cm³/mol. The highest BCUT2D eigenvalue weighted by Crippen LogP contribution is 2.65. The molecule has 67 heavy (non-hydrogen) atoms. The minimum atomic E-state index is -0.529. The van der Waals surface area contributed by atoms with Crippen molar-refractivity contribution in [1.82, 2.24) is 9.13 Å². The van der Waals surface area contributed by atoms with E-state index in [4.69, 9.17) is 0 Å². The molecule has 0 fully saturated rings. The lowest BCUT2D eigenvalue weighted by Gasteiger charge is -2.30. The average Bonchev–Trinajstić information content (AvgIpc) is 3.99. The second kappa shape index (κ2) is 13.7. The maximum atomic E-state index is 2.58. The molecule has 2 aliphatic carbocycles. The van der Waals surface area contributed by atoms with Crippen LogP contribution in [0.2, 0.25) is 0 Å². The monoisotopic (exact) mass is 870 g/mol. The maximum absolute atomic E-state index is 2.58. The Morgan fingerprint density at radius 3 is 0.881 bits per heavy atom. The van der Waals surface area contributed by atoms with Gasteiger partial charge in [0.25, 0.3) is 0 Å². The predicted octanol–water partition coefficient (Wildman–Crippen LogP) is 17.4. The van der Waals surface area contributed by atoms with E-state index < -0.39 is 5.41 Å². The number of rotatable bonds is 2. The molecule has 2 heterocycles. The van der Waals surface area contributed by atoms with Crippen LogP contribution in [0, 0.1) is 0 Å². The van der Waals surface area contributed by atoms with Gasteiger partial charge in [0.15, 0.2) is 0 Å². The highest BCUT2D eigenvalue weighted by molar-refractivity contribution is 6.13. The summed E-state index contributed by atoms with van der Waals surface area (Å²) in [4.78, 5) is 0. The van der Waals surface area contributed by atoms with Crippen molar-refractivity contribution in [3.63, 3.8) is 0 Å². The number of hydrogen-bond acceptors (Lipinski definition) is 0. The van der Waals surface area contributed by atoms with Crippen LogP contribution in [0.3, 0.4) is 0 Å². The van der Waals surface area contributed by atoms with Gasteiger partial charge in [-0.15, -0.1) is 0 Å². The first kappa shape index (κ1) is 41.8. The second-order valence-electron chi connectivity index (χ2n) is 23.8. The zero-order chi connectivity index (χ0) is 46.7. The number of fused-ring (bicyclic) bond motifs is 16. The third-order valence-corrected chi connectivity index (χ3v) is 15.6. The maximum Gasteiger partial charge on any atom is 0.0727 e. The van der Waals surface area contributed by atoms with Gasteiger partial charge in [-0.2, -0.15) is 0 Å². The fourth-order valence-corrected chi connectivity index (χ4v) is 12.0. The molecule has 2 aliphatic rings. The summed E-state index contributed by atoms with van der Waals surface area (Å²) in [6.45, 7) is 27.9. The molecule has 10 aromatic rings. The van der Waals surface area contributed by atoms with Gasteiger partial charge in [0, 0.05) is 32.7 Å². The van der Waals surface area contributed by atoms with Gasteiger partial charge in [-0.25, -0.2) is 0 Å². The molecule has 0 bridgehead atoms. The lowest BCUT2D eigenvalue weighted by molar-refractivity contribution is 0.590. The van der Waals surface area contributed by atoms with E-state index in [1.165, 1.54) is 122 Å². The molecule has 2 aromatic heterocycles. The van der Waals surface area contributed by atoms with Crippen molar-refractivity contribution in [2.45, 2.75) is 110 Å². The van der Waals surface area contributed by atoms with Crippen LogP contribution in [-0.2, 0) is 27.1 Å². The van der Waals surface area contributed by atoms with Crippen molar-refractivity contribution in [3.05, 3.63) is 202 Å². The molecule has 12 rings (SSSR count). The molecule has 0 N–H and O–H groups in total. The summed E-state index contributed by atoms with van der Waals surface area (Å²) in [5.41, 5.74) is 23.0. The van der Waals surface area contributed by atoms with E-state index in [1.807, 2.05) is 0 Å². The summed E-state index contributed by atoms with van der Waals surface area (Å²) in [5, 5.41) is 5.24. The fourth-order valence-electron chi connectivity index (χ4n) is 12.0. The third kappa shape index (κ3) is 5.81. The van der Waals surface area contributed by atoms with Gasteiger partial charge in [0.1, 0.15) is 0 Å². The van der Waals surface area contributed by atoms with Crippen LogP contribution >= 0.6 is 0 Å². The number of aromatic nitrogens is 2. The van der Waals surface area contributed by atoms with Crippen LogP contribution in [0.15, 0.2) is 158 Å². The van der Waals surface area contributed by atoms with E-state index in [-0.39, 0.29) is 21.7 Å². The van der Waals surface area contributed by atoms with Crippen LogP contribution in [0.25, 0.3) is 77.2 Å². The zero-order valence-electron chi connectivity index (χ0n) is 41.4. The summed E-state index contributed by atoms with van der Waals surface area (Å²) in [5.74, 6) is 0. The highest BCUT2D eigenvalue weighted by atomic mass is 15.0. The van der Waals surface area contributed by atoms with Gasteiger partial charge >= 0.3 is 0 Å². The molecule has 0 aliphatic heterocycles. The SMILES string of the molecule is CC(C)(C)c1ccc2c(c1)c1cc(C(C)(C)C)ccc1n2-c1cccc2c1-c1ccccc1C21c2ccccc2-c2c(-n3c4ccc(C(C)(C)C)cc4c4cc(C(C)(C)C)ccc43)cccc21.